The van der Waals surface area contributed by atoms with E-state index in [0.29, 0.717) is 10.7 Å². The largest absolute Gasteiger partial charge is 0.308 e. The van der Waals surface area contributed by atoms with E-state index in [9.17, 15) is 0 Å². The third-order valence-corrected chi connectivity index (χ3v) is 2.77. The predicted octanol–water partition coefficient (Wildman–Crippen LogP) is 3.31. The first-order chi connectivity index (χ1) is 7.24. The second kappa shape index (κ2) is 3.80. The summed E-state index contributed by atoms with van der Waals surface area (Å²) in [6.45, 7) is 1.94. The number of nitrogens with zero attached hydrogens (tertiary/aromatic N) is 2. The molecule has 1 aromatic carbocycles. The standard InChI is InChI=1S/C12H9ClN2/c1-9-11(13)5-2-6-12(9)15-7-3-4-10(15)8-14/h2-7H,1H3. The zero-order valence-electron chi connectivity index (χ0n) is 8.24. The minimum Gasteiger partial charge on any atom is -0.308 e. The summed E-state index contributed by atoms with van der Waals surface area (Å²) in [6, 6.07) is 11.4. The molecule has 1 aromatic heterocycles. The minimum atomic E-state index is 0.611. The fraction of sp³-hybridized carbons (Fsp3) is 0.0833. The summed E-state index contributed by atoms with van der Waals surface area (Å²) in [4.78, 5) is 0. The lowest BCUT2D eigenvalue weighted by molar-refractivity contribution is 1.04. The van der Waals surface area contributed by atoms with Crippen molar-refractivity contribution in [1.29, 1.82) is 5.26 Å². The van der Waals surface area contributed by atoms with Gasteiger partial charge in [-0.25, -0.2) is 0 Å². The molecule has 0 radical (unpaired) electrons. The van der Waals surface area contributed by atoms with Gasteiger partial charge in [-0.2, -0.15) is 5.26 Å². The molecule has 0 bridgehead atoms. The lowest BCUT2D eigenvalue weighted by Gasteiger charge is -2.09. The van der Waals surface area contributed by atoms with Gasteiger partial charge in [0.15, 0.2) is 0 Å². The van der Waals surface area contributed by atoms with Crippen LogP contribution in [0.3, 0.4) is 0 Å². The number of benzene rings is 1. The third-order valence-electron chi connectivity index (χ3n) is 2.36. The van der Waals surface area contributed by atoms with Crippen molar-refractivity contribution in [1.82, 2.24) is 4.57 Å². The Hall–Kier alpha value is -1.72. The van der Waals surface area contributed by atoms with Crippen LogP contribution in [0.15, 0.2) is 36.5 Å². The molecule has 2 aromatic rings. The molecule has 2 rings (SSSR count). The molecule has 0 N–H and O–H groups in total. The van der Waals surface area contributed by atoms with Gasteiger partial charge in [0.05, 0.1) is 5.69 Å². The van der Waals surface area contributed by atoms with Gasteiger partial charge in [0.1, 0.15) is 11.8 Å². The monoisotopic (exact) mass is 216 g/mol. The molecule has 0 atom stereocenters. The van der Waals surface area contributed by atoms with E-state index in [4.69, 9.17) is 16.9 Å². The summed E-state index contributed by atoms with van der Waals surface area (Å²) in [5, 5.41) is 9.64. The van der Waals surface area contributed by atoms with Crippen LogP contribution in [-0.2, 0) is 0 Å². The maximum Gasteiger partial charge on any atom is 0.124 e. The van der Waals surface area contributed by atoms with Crippen LogP contribution in [-0.4, -0.2) is 4.57 Å². The zero-order valence-corrected chi connectivity index (χ0v) is 8.99. The van der Waals surface area contributed by atoms with Crippen molar-refractivity contribution < 1.29 is 0 Å². The summed E-state index contributed by atoms with van der Waals surface area (Å²) in [5.41, 5.74) is 2.54. The Morgan fingerprint density at radius 2 is 2.07 bits per heavy atom. The van der Waals surface area contributed by atoms with E-state index < -0.39 is 0 Å². The van der Waals surface area contributed by atoms with Gasteiger partial charge < -0.3 is 4.57 Å². The third kappa shape index (κ3) is 1.62. The zero-order chi connectivity index (χ0) is 10.8. The van der Waals surface area contributed by atoms with Crippen molar-refractivity contribution >= 4 is 11.6 Å². The van der Waals surface area contributed by atoms with Crippen LogP contribution in [0.4, 0.5) is 0 Å². The topological polar surface area (TPSA) is 28.7 Å². The molecule has 15 heavy (non-hydrogen) atoms. The second-order valence-electron chi connectivity index (χ2n) is 3.26. The lowest BCUT2D eigenvalue weighted by Crippen LogP contribution is -1.98. The molecule has 0 aliphatic heterocycles. The molecular formula is C12H9ClN2. The van der Waals surface area contributed by atoms with E-state index in [1.807, 2.05) is 42.0 Å². The minimum absolute atomic E-state index is 0.611. The van der Waals surface area contributed by atoms with Crippen LogP contribution >= 0.6 is 11.6 Å². The first-order valence-corrected chi connectivity index (χ1v) is 4.95. The van der Waals surface area contributed by atoms with E-state index in [1.165, 1.54) is 0 Å². The molecule has 0 unspecified atom stereocenters. The van der Waals surface area contributed by atoms with Crippen molar-refractivity contribution in [3.05, 3.63) is 52.8 Å². The smallest absolute Gasteiger partial charge is 0.124 e. The fourth-order valence-electron chi connectivity index (χ4n) is 1.54. The van der Waals surface area contributed by atoms with E-state index in [0.717, 1.165) is 11.3 Å². The summed E-state index contributed by atoms with van der Waals surface area (Å²) >= 11 is 6.03. The van der Waals surface area contributed by atoms with Crippen molar-refractivity contribution in [3.8, 4) is 11.8 Å². The summed E-state index contributed by atoms with van der Waals surface area (Å²) < 4.78 is 1.83. The van der Waals surface area contributed by atoms with Crippen LogP contribution in [0.2, 0.25) is 5.02 Å². The Morgan fingerprint density at radius 1 is 1.27 bits per heavy atom. The molecule has 0 amide bonds. The van der Waals surface area contributed by atoms with E-state index in [2.05, 4.69) is 6.07 Å². The SMILES string of the molecule is Cc1c(Cl)cccc1-n1cccc1C#N. The van der Waals surface area contributed by atoms with Crippen molar-refractivity contribution in [3.63, 3.8) is 0 Å². The molecule has 3 heteroatoms. The second-order valence-corrected chi connectivity index (χ2v) is 3.67. The first-order valence-electron chi connectivity index (χ1n) is 4.57. The number of hydrogen-bond donors (Lipinski definition) is 0. The number of nitriles is 1. The van der Waals surface area contributed by atoms with Gasteiger partial charge in [0.2, 0.25) is 0 Å². The predicted molar refractivity (Wildman–Crippen MR) is 60.2 cm³/mol. The molecule has 2 nitrogen and oxygen atoms in total. The maximum absolute atomic E-state index is 8.93. The van der Waals surface area contributed by atoms with Crippen molar-refractivity contribution in [2.45, 2.75) is 6.92 Å². The van der Waals surface area contributed by atoms with Crippen LogP contribution in [0, 0.1) is 18.3 Å². The van der Waals surface area contributed by atoms with Crippen LogP contribution in [0.5, 0.6) is 0 Å². The Kier molecular flexibility index (Phi) is 2.49. The maximum atomic E-state index is 8.93. The highest BCUT2D eigenvalue weighted by molar-refractivity contribution is 6.31. The molecule has 0 saturated heterocycles. The van der Waals surface area contributed by atoms with E-state index in [1.54, 1.807) is 6.07 Å². The Bertz CT molecular complexity index is 535. The normalized spacial score (nSPS) is 9.93. The number of aromatic nitrogens is 1. The van der Waals surface area contributed by atoms with Gasteiger partial charge in [-0.1, -0.05) is 17.7 Å². The first kappa shape index (κ1) is 9.82. The van der Waals surface area contributed by atoms with Gasteiger partial charge in [-0.3, -0.25) is 0 Å². The quantitative estimate of drug-likeness (QED) is 0.719. The summed E-state index contributed by atoms with van der Waals surface area (Å²) in [6.07, 6.45) is 1.86. The molecule has 74 valence electrons. The van der Waals surface area contributed by atoms with Crippen molar-refractivity contribution in [2.75, 3.05) is 0 Å². The highest BCUT2D eigenvalue weighted by Crippen LogP contribution is 2.23. The number of hydrogen-bond acceptors (Lipinski definition) is 1. The van der Waals surface area contributed by atoms with Crippen molar-refractivity contribution in [2.24, 2.45) is 0 Å². The van der Waals surface area contributed by atoms with Crippen LogP contribution in [0.1, 0.15) is 11.3 Å². The van der Waals surface area contributed by atoms with E-state index >= 15 is 0 Å². The highest BCUT2D eigenvalue weighted by atomic mass is 35.5. The fourth-order valence-corrected chi connectivity index (χ4v) is 1.71. The molecule has 0 fully saturated rings. The Morgan fingerprint density at radius 3 is 2.80 bits per heavy atom. The number of rotatable bonds is 1. The number of halogens is 1. The molecule has 0 aliphatic carbocycles. The summed E-state index contributed by atoms with van der Waals surface area (Å²) in [5.74, 6) is 0. The lowest BCUT2D eigenvalue weighted by atomic mass is 10.2. The molecule has 0 saturated carbocycles. The van der Waals surface area contributed by atoms with Gasteiger partial charge in [-0.15, -0.1) is 0 Å². The molecule has 1 heterocycles. The van der Waals surface area contributed by atoms with Crippen LogP contribution < -0.4 is 0 Å². The average Bonchev–Trinajstić information content (AvgIpc) is 2.70. The molecular weight excluding hydrogens is 208 g/mol. The van der Waals surface area contributed by atoms with Crippen LogP contribution in [0.25, 0.3) is 5.69 Å². The van der Waals surface area contributed by atoms with Gasteiger partial charge >= 0.3 is 0 Å². The Labute approximate surface area is 93.3 Å². The van der Waals surface area contributed by atoms with Gasteiger partial charge in [0.25, 0.3) is 0 Å². The molecule has 0 aliphatic rings. The van der Waals surface area contributed by atoms with Gasteiger partial charge in [-0.05, 0) is 36.8 Å². The summed E-state index contributed by atoms with van der Waals surface area (Å²) in [7, 11) is 0. The van der Waals surface area contributed by atoms with E-state index in [-0.39, 0.29) is 0 Å². The van der Waals surface area contributed by atoms with Gasteiger partial charge in [0, 0.05) is 11.2 Å². The highest BCUT2D eigenvalue weighted by Gasteiger charge is 2.06. The Balaban J connectivity index is 2.65. The average molecular weight is 217 g/mol. The molecule has 0 spiro atoms.